The van der Waals surface area contributed by atoms with E-state index < -0.39 is 0 Å². The van der Waals surface area contributed by atoms with E-state index in [1.165, 1.54) is 11.1 Å². The Labute approximate surface area is 130 Å². The summed E-state index contributed by atoms with van der Waals surface area (Å²) in [5.74, 6) is 1.48. The van der Waals surface area contributed by atoms with Crippen LogP contribution in [0.5, 0.6) is 0 Å². The zero-order chi connectivity index (χ0) is 15.5. The van der Waals surface area contributed by atoms with Crippen LogP contribution < -0.4 is 5.32 Å². The van der Waals surface area contributed by atoms with Crippen LogP contribution in [-0.4, -0.2) is 51.0 Å². The number of hydrogen-bond donors (Lipinski definition) is 2. The topological polar surface area (TPSA) is 74.1 Å². The number of H-pyrrole nitrogens is 1. The molecule has 0 saturated carbocycles. The highest BCUT2D eigenvalue weighted by Gasteiger charge is 2.26. The molecule has 0 spiro atoms. The fraction of sp³-hybridized carbons (Fsp3) is 0.533. The van der Waals surface area contributed by atoms with E-state index in [-0.39, 0.29) is 0 Å². The summed E-state index contributed by atoms with van der Waals surface area (Å²) >= 11 is 0. The Bertz CT molecular complexity index is 654. The van der Waals surface area contributed by atoms with Gasteiger partial charge in [-0.2, -0.15) is 10.2 Å². The Balaban J connectivity index is 1.59. The average molecular weight is 301 g/mol. The molecule has 0 aliphatic carbocycles. The molecule has 22 heavy (non-hydrogen) atoms. The van der Waals surface area contributed by atoms with Crippen molar-refractivity contribution in [3.05, 3.63) is 35.4 Å². The number of aliphatic imine (C=N–C) groups is 1. The number of guanidine groups is 1. The summed E-state index contributed by atoms with van der Waals surface area (Å²) in [5, 5.41) is 14.7. The van der Waals surface area contributed by atoms with E-state index in [4.69, 9.17) is 0 Å². The molecule has 1 unspecified atom stereocenters. The van der Waals surface area contributed by atoms with Crippen LogP contribution in [0.4, 0.5) is 0 Å². The first-order valence-electron chi connectivity index (χ1n) is 7.60. The summed E-state index contributed by atoms with van der Waals surface area (Å²) in [6.07, 6.45) is 7.08. The van der Waals surface area contributed by atoms with Crippen molar-refractivity contribution in [3.63, 3.8) is 0 Å². The molecule has 3 rings (SSSR count). The Morgan fingerprint density at radius 1 is 1.50 bits per heavy atom. The molecule has 1 atom stereocenters. The number of rotatable bonds is 3. The van der Waals surface area contributed by atoms with Gasteiger partial charge >= 0.3 is 0 Å². The van der Waals surface area contributed by atoms with Gasteiger partial charge in [-0.25, -0.2) is 0 Å². The van der Waals surface area contributed by atoms with Crippen LogP contribution in [0.25, 0.3) is 0 Å². The number of nitrogens with zero attached hydrogens (tertiary/aromatic N) is 5. The van der Waals surface area contributed by atoms with E-state index in [9.17, 15) is 0 Å². The second-order valence-corrected chi connectivity index (χ2v) is 5.80. The van der Waals surface area contributed by atoms with E-state index in [1.807, 2.05) is 38.1 Å². The van der Waals surface area contributed by atoms with Gasteiger partial charge in [-0.05, 0) is 18.9 Å². The molecular formula is C15H23N7. The molecule has 2 aromatic heterocycles. The summed E-state index contributed by atoms with van der Waals surface area (Å²) in [7, 11) is 3.80. The van der Waals surface area contributed by atoms with Crippen LogP contribution in [0.1, 0.15) is 29.2 Å². The monoisotopic (exact) mass is 301 g/mol. The number of nitrogens with one attached hydrogen (secondary N) is 2. The van der Waals surface area contributed by atoms with Crippen molar-refractivity contribution >= 4 is 5.96 Å². The molecule has 1 aliphatic heterocycles. The lowest BCUT2D eigenvalue weighted by Gasteiger charge is -2.21. The third kappa shape index (κ3) is 2.98. The lowest BCUT2D eigenvalue weighted by Crippen LogP contribution is -2.39. The molecular weight excluding hydrogens is 278 g/mol. The average Bonchev–Trinajstić information content (AvgIpc) is 3.22. The predicted octanol–water partition coefficient (Wildman–Crippen LogP) is 1.02. The van der Waals surface area contributed by atoms with E-state index in [2.05, 4.69) is 36.7 Å². The summed E-state index contributed by atoms with van der Waals surface area (Å²) in [6.45, 7) is 4.77. The van der Waals surface area contributed by atoms with E-state index in [0.717, 1.165) is 37.7 Å². The zero-order valence-electron chi connectivity index (χ0n) is 13.4. The first kappa shape index (κ1) is 14.6. The molecule has 2 aromatic rings. The van der Waals surface area contributed by atoms with Gasteiger partial charge in [-0.3, -0.25) is 14.8 Å². The van der Waals surface area contributed by atoms with Crippen molar-refractivity contribution in [1.29, 1.82) is 0 Å². The Morgan fingerprint density at radius 3 is 3.00 bits per heavy atom. The third-order valence-electron chi connectivity index (χ3n) is 4.27. The van der Waals surface area contributed by atoms with E-state index in [0.29, 0.717) is 5.92 Å². The number of aryl methyl sites for hydroxylation is 2. The molecule has 118 valence electrons. The maximum absolute atomic E-state index is 4.41. The van der Waals surface area contributed by atoms with Crippen molar-refractivity contribution in [2.45, 2.75) is 25.8 Å². The minimum atomic E-state index is 0.530. The molecule has 1 fully saturated rings. The van der Waals surface area contributed by atoms with Gasteiger partial charge in [0, 0.05) is 57.1 Å². The van der Waals surface area contributed by atoms with Crippen molar-refractivity contribution < 1.29 is 0 Å². The molecule has 0 bridgehead atoms. The zero-order valence-corrected chi connectivity index (χ0v) is 13.4. The van der Waals surface area contributed by atoms with Crippen LogP contribution >= 0.6 is 0 Å². The molecule has 7 heteroatoms. The van der Waals surface area contributed by atoms with Crippen LogP contribution in [-0.2, 0) is 13.6 Å². The number of aromatic amines is 1. The third-order valence-corrected chi connectivity index (χ3v) is 4.27. The summed E-state index contributed by atoms with van der Waals surface area (Å²) in [6, 6.07) is 0. The first-order chi connectivity index (χ1) is 10.7. The van der Waals surface area contributed by atoms with Gasteiger partial charge in [-0.1, -0.05) is 0 Å². The molecule has 0 aromatic carbocycles. The minimum Gasteiger partial charge on any atom is -0.352 e. The molecule has 1 saturated heterocycles. The molecule has 7 nitrogen and oxygen atoms in total. The minimum absolute atomic E-state index is 0.530. The number of likely N-dealkylation sites (tertiary alicyclic amines) is 1. The second-order valence-electron chi connectivity index (χ2n) is 5.80. The van der Waals surface area contributed by atoms with Gasteiger partial charge in [0.15, 0.2) is 5.96 Å². The lowest BCUT2D eigenvalue weighted by atomic mass is 10.0. The normalized spacial score (nSPS) is 19.0. The van der Waals surface area contributed by atoms with Crippen LogP contribution in [0.15, 0.2) is 23.6 Å². The smallest absolute Gasteiger partial charge is 0.193 e. The lowest BCUT2D eigenvalue weighted by molar-refractivity contribution is 0.485. The fourth-order valence-corrected chi connectivity index (χ4v) is 2.94. The maximum Gasteiger partial charge on any atom is 0.193 e. The van der Waals surface area contributed by atoms with Crippen molar-refractivity contribution in [3.8, 4) is 0 Å². The molecule has 1 aliphatic rings. The summed E-state index contributed by atoms with van der Waals surface area (Å²) in [4.78, 5) is 6.73. The first-order valence-corrected chi connectivity index (χ1v) is 7.60. The van der Waals surface area contributed by atoms with Gasteiger partial charge < -0.3 is 10.2 Å². The SMILES string of the molecule is CN=C(NCc1cn[nH]c1C)N1CCC(c2cnn(C)c2)C1. The van der Waals surface area contributed by atoms with Gasteiger partial charge in [-0.15, -0.1) is 0 Å². The van der Waals surface area contributed by atoms with Crippen LogP contribution in [0.3, 0.4) is 0 Å². The molecule has 2 N–H and O–H groups in total. The van der Waals surface area contributed by atoms with E-state index >= 15 is 0 Å². The van der Waals surface area contributed by atoms with Crippen molar-refractivity contribution in [2.75, 3.05) is 20.1 Å². The highest BCUT2D eigenvalue weighted by atomic mass is 15.3. The van der Waals surface area contributed by atoms with Crippen LogP contribution in [0.2, 0.25) is 0 Å². The van der Waals surface area contributed by atoms with Crippen molar-refractivity contribution in [2.24, 2.45) is 12.0 Å². The number of aromatic nitrogens is 4. The Morgan fingerprint density at radius 2 is 2.36 bits per heavy atom. The highest BCUT2D eigenvalue weighted by molar-refractivity contribution is 5.80. The van der Waals surface area contributed by atoms with Crippen molar-refractivity contribution in [1.82, 2.24) is 30.2 Å². The maximum atomic E-state index is 4.41. The quantitative estimate of drug-likeness (QED) is 0.655. The molecule has 0 amide bonds. The Hall–Kier alpha value is -2.31. The van der Waals surface area contributed by atoms with E-state index in [1.54, 1.807) is 0 Å². The Kier molecular flexibility index (Phi) is 4.13. The fourth-order valence-electron chi connectivity index (χ4n) is 2.94. The second kappa shape index (κ2) is 6.21. The van der Waals surface area contributed by atoms with Gasteiger partial charge in [0.05, 0.1) is 12.4 Å². The van der Waals surface area contributed by atoms with Crippen LogP contribution in [0, 0.1) is 6.92 Å². The highest BCUT2D eigenvalue weighted by Crippen LogP contribution is 2.26. The standard InChI is InChI=1S/C15H23N7/c1-11-13(7-18-20-11)6-17-15(16-2)22-5-4-12(10-22)14-8-19-21(3)9-14/h7-9,12H,4-6,10H2,1-3H3,(H,16,17)(H,18,20). The van der Waals surface area contributed by atoms with Gasteiger partial charge in [0.1, 0.15) is 0 Å². The summed E-state index contributed by atoms with van der Waals surface area (Å²) in [5.41, 5.74) is 3.58. The van der Waals surface area contributed by atoms with Gasteiger partial charge in [0.25, 0.3) is 0 Å². The predicted molar refractivity (Wildman–Crippen MR) is 85.7 cm³/mol. The molecule has 3 heterocycles. The van der Waals surface area contributed by atoms with Gasteiger partial charge in [0.2, 0.25) is 0 Å². The number of hydrogen-bond acceptors (Lipinski definition) is 3. The molecule has 0 radical (unpaired) electrons. The largest absolute Gasteiger partial charge is 0.352 e. The summed E-state index contributed by atoms with van der Waals surface area (Å²) < 4.78 is 1.87.